The number of anilines is 1. The average Bonchev–Trinajstić information content (AvgIpc) is 3.15. The third kappa shape index (κ3) is 4.30. The van der Waals surface area contributed by atoms with Crippen molar-refractivity contribution < 1.29 is 9.32 Å². The first kappa shape index (κ1) is 19.1. The van der Waals surface area contributed by atoms with Gasteiger partial charge < -0.3 is 19.6 Å². The molecule has 1 aliphatic rings. The maximum absolute atomic E-state index is 12.8. The largest absolute Gasteiger partial charge is 0.360 e. The molecule has 150 valence electrons. The fourth-order valence-electron chi connectivity index (χ4n) is 3.45. The summed E-state index contributed by atoms with van der Waals surface area (Å²) in [5.41, 5.74) is 2.83. The van der Waals surface area contributed by atoms with E-state index in [1.165, 1.54) is 0 Å². The molecular formula is C22H25N5O2. The smallest absolute Gasteiger partial charge is 0.257 e. The lowest BCUT2D eigenvalue weighted by atomic mass is 10.1. The number of aromatic nitrogens is 2. The van der Waals surface area contributed by atoms with Crippen LogP contribution in [0.2, 0.25) is 0 Å². The Morgan fingerprint density at radius 3 is 2.55 bits per heavy atom. The number of piperazine rings is 1. The zero-order valence-corrected chi connectivity index (χ0v) is 16.8. The van der Waals surface area contributed by atoms with Crippen LogP contribution in [0.3, 0.4) is 0 Å². The number of rotatable bonds is 5. The van der Waals surface area contributed by atoms with Crippen LogP contribution in [-0.2, 0) is 6.54 Å². The molecule has 1 N–H and O–H groups in total. The molecule has 3 heterocycles. The molecule has 7 nitrogen and oxygen atoms in total. The first-order valence-corrected chi connectivity index (χ1v) is 9.80. The number of carbonyl (C=O) groups excluding carboxylic acids is 1. The molecule has 1 aromatic carbocycles. The Morgan fingerprint density at radius 1 is 1.10 bits per heavy atom. The summed E-state index contributed by atoms with van der Waals surface area (Å²) in [6.07, 6.45) is 1.83. The fraction of sp³-hybridized carbons (Fsp3) is 0.318. The van der Waals surface area contributed by atoms with Crippen molar-refractivity contribution in [3.63, 3.8) is 0 Å². The molecule has 0 saturated carbocycles. The predicted octanol–water partition coefficient (Wildman–Crippen LogP) is 2.73. The van der Waals surface area contributed by atoms with Gasteiger partial charge >= 0.3 is 0 Å². The summed E-state index contributed by atoms with van der Waals surface area (Å²) >= 11 is 0. The number of carbonyl (C=O) groups is 1. The highest BCUT2D eigenvalue weighted by Crippen LogP contribution is 2.25. The third-order valence-corrected chi connectivity index (χ3v) is 5.23. The van der Waals surface area contributed by atoms with Crippen LogP contribution in [0.5, 0.6) is 0 Å². The summed E-state index contributed by atoms with van der Waals surface area (Å²) < 4.78 is 5.28. The number of hydrogen-bond donors (Lipinski definition) is 1. The molecule has 1 saturated heterocycles. The highest BCUT2D eigenvalue weighted by Gasteiger charge is 2.21. The second-order valence-corrected chi connectivity index (χ2v) is 7.33. The molecule has 1 fully saturated rings. The maximum Gasteiger partial charge on any atom is 0.257 e. The first-order chi connectivity index (χ1) is 14.1. The van der Waals surface area contributed by atoms with Crippen molar-refractivity contribution in [1.29, 1.82) is 0 Å². The van der Waals surface area contributed by atoms with Crippen molar-refractivity contribution >= 4 is 11.7 Å². The van der Waals surface area contributed by atoms with Gasteiger partial charge in [-0.2, -0.15) is 0 Å². The van der Waals surface area contributed by atoms with Gasteiger partial charge in [0.25, 0.3) is 5.91 Å². The van der Waals surface area contributed by atoms with Gasteiger partial charge in [0.2, 0.25) is 0 Å². The number of benzene rings is 1. The molecule has 4 rings (SSSR count). The topological polar surface area (TPSA) is 74.5 Å². The lowest BCUT2D eigenvalue weighted by Gasteiger charge is -2.33. The first-order valence-electron chi connectivity index (χ1n) is 9.80. The van der Waals surface area contributed by atoms with Crippen LogP contribution in [0, 0.1) is 6.92 Å². The highest BCUT2D eigenvalue weighted by atomic mass is 16.5. The molecule has 7 heteroatoms. The van der Waals surface area contributed by atoms with E-state index in [0.29, 0.717) is 23.6 Å². The van der Waals surface area contributed by atoms with Gasteiger partial charge in [0.15, 0.2) is 0 Å². The van der Waals surface area contributed by atoms with Gasteiger partial charge in [0, 0.05) is 44.5 Å². The maximum atomic E-state index is 12.8. The zero-order chi connectivity index (χ0) is 20.2. The van der Waals surface area contributed by atoms with E-state index in [2.05, 4.69) is 32.3 Å². The van der Waals surface area contributed by atoms with Crippen LogP contribution >= 0.6 is 0 Å². The predicted molar refractivity (Wildman–Crippen MR) is 112 cm³/mol. The molecule has 3 aromatic rings. The lowest BCUT2D eigenvalue weighted by Crippen LogP contribution is -2.44. The van der Waals surface area contributed by atoms with E-state index in [1.807, 2.05) is 48.7 Å². The van der Waals surface area contributed by atoms with Crippen molar-refractivity contribution in [2.75, 3.05) is 38.1 Å². The van der Waals surface area contributed by atoms with E-state index in [0.717, 1.165) is 43.1 Å². The monoisotopic (exact) mass is 391 g/mol. The van der Waals surface area contributed by atoms with Gasteiger partial charge in [-0.3, -0.25) is 4.79 Å². The fourth-order valence-corrected chi connectivity index (χ4v) is 3.45. The minimum absolute atomic E-state index is 0.203. The molecule has 0 atom stereocenters. The Labute approximate surface area is 170 Å². The standard InChI is InChI=1S/C22H25N5O2/c1-16-20(21(25-29-16)18-6-4-3-5-7-18)22(28)24-15-17-8-9-19(23-14-17)27-12-10-26(2)11-13-27/h3-9,14H,10-13,15H2,1-2H3,(H,24,28). The summed E-state index contributed by atoms with van der Waals surface area (Å²) in [6, 6.07) is 13.6. The zero-order valence-electron chi connectivity index (χ0n) is 16.8. The number of nitrogens with one attached hydrogen (secondary N) is 1. The Bertz CT molecular complexity index is 961. The Kier molecular flexibility index (Phi) is 5.57. The number of aryl methyl sites for hydroxylation is 1. The minimum Gasteiger partial charge on any atom is -0.360 e. The van der Waals surface area contributed by atoms with Gasteiger partial charge in [-0.05, 0) is 25.6 Å². The normalized spacial score (nSPS) is 14.8. The highest BCUT2D eigenvalue weighted by molar-refractivity contribution is 6.00. The van der Waals surface area contributed by atoms with Crippen molar-refractivity contribution in [3.8, 4) is 11.3 Å². The number of hydrogen-bond acceptors (Lipinski definition) is 6. The SMILES string of the molecule is Cc1onc(-c2ccccc2)c1C(=O)NCc1ccc(N2CCN(C)CC2)nc1. The van der Waals surface area contributed by atoms with Crippen LogP contribution in [0.15, 0.2) is 53.2 Å². The van der Waals surface area contributed by atoms with Crippen molar-refractivity contribution in [1.82, 2.24) is 20.4 Å². The van der Waals surface area contributed by atoms with E-state index >= 15 is 0 Å². The summed E-state index contributed by atoms with van der Waals surface area (Å²) in [4.78, 5) is 22.0. The molecular weight excluding hydrogens is 366 g/mol. The van der Waals surface area contributed by atoms with E-state index in [-0.39, 0.29) is 5.91 Å². The average molecular weight is 391 g/mol. The van der Waals surface area contributed by atoms with Crippen LogP contribution in [0.1, 0.15) is 21.7 Å². The van der Waals surface area contributed by atoms with Crippen LogP contribution in [0.4, 0.5) is 5.82 Å². The molecule has 0 bridgehead atoms. The van der Waals surface area contributed by atoms with E-state index < -0.39 is 0 Å². The Morgan fingerprint density at radius 2 is 1.86 bits per heavy atom. The van der Waals surface area contributed by atoms with Gasteiger partial charge in [-0.1, -0.05) is 41.6 Å². The summed E-state index contributed by atoms with van der Waals surface area (Å²) in [5, 5.41) is 7.03. The van der Waals surface area contributed by atoms with Gasteiger partial charge in [0.1, 0.15) is 22.8 Å². The van der Waals surface area contributed by atoms with Gasteiger partial charge in [-0.25, -0.2) is 4.98 Å². The van der Waals surface area contributed by atoms with E-state index in [1.54, 1.807) is 6.92 Å². The van der Waals surface area contributed by atoms with E-state index in [9.17, 15) is 4.79 Å². The molecule has 1 aliphatic heterocycles. The Hall–Kier alpha value is -3.19. The molecule has 29 heavy (non-hydrogen) atoms. The summed E-state index contributed by atoms with van der Waals surface area (Å²) in [6.45, 7) is 6.19. The number of amides is 1. The number of nitrogens with zero attached hydrogens (tertiary/aromatic N) is 4. The van der Waals surface area contributed by atoms with Crippen LogP contribution < -0.4 is 10.2 Å². The molecule has 1 amide bonds. The molecule has 0 spiro atoms. The Balaban J connectivity index is 1.41. The number of pyridine rings is 1. The molecule has 2 aromatic heterocycles. The second kappa shape index (κ2) is 8.45. The van der Waals surface area contributed by atoms with Crippen LogP contribution in [0.25, 0.3) is 11.3 Å². The summed E-state index contributed by atoms with van der Waals surface area (Å²) in [5.74, 6) is 1.28. The third-order valence-electron chi connectivity index (χ3n) is 5.23. The van der Waals surface area contributed by atoms with Crippen molar-refractivity contribution in [3.05, 3.63) is 65.5 Å². The van der Waals surface area contributed by atoms with Crippen LogP contribution in [-0.4, -0.2) is 54.2 Å². The molecule has 0 aliphatic carbocycles. The lowest BCUT2D eigenvalue weighted by molar-refractivity contribution is 0.0950. The van der Waals surface area contributed by atoms with Crippen molar-refractivity contribution in [2.45, 2.75) is 13.5 Å². The van der Waals surface area contributed by atoms with E-state index in [4.69, 9.17) is 4.52 Å². The van der Waals surface area contributed by atoms with Crippen molar-refractivity contribution in [2.24, 2.45) is 0 Å². The number of likely N-dealkylation sites (N-methyl/N-ethyl adjacent to an activating group) is 1. The molecule has 0 radical (unpaired) electrons. The quantitative estimate of drug-likeness (QED) is 0.721. The molecule has 0 unspecified atom stereocenters. The van der Waals surface area contributed by atoms with Gasteiger partial charge in [0.05, 0.1) is 0 Å². The van der Waals surface area contributed by atoms with Gasteiger partial charge in [-0.15, -0.1) is 0 Å². The second-order valence-electron chi connectivity index (χ2n) is 7.33. The minimum atomic E-state index is -0.203. The summed E-state index contributed by atoms with van der Waals surface area (Å²) in [7, 11) is 2.14.